The zero-order valence-electron chi connectivity index (χ0n) is 11.2. The first-order valence-corrected chi connectivity index (χ1v) is 6.71. The third kappa shape index (κ3) is 5.67. The molecule has 0 fully saturated rings. The van der Waals surface area contributed by atoms with Crippen molar-refractivity contribution in [1.82, 2.24) is 10.2 Å². The minimum Gasteiger partial charge on any atom is -0.478 e. The molecule has 0 saturated heterocycles. The molecule has 1 unspecified atom stereocenters. The van der Waals surface area contributed by atoms with E-state index < -0.39 is 5.97 Å². The Morgan fingerprint density at radius 1 is 1.53 bits per heavy atom. The van der Waals surface area contributed by atoms with Crippen LogP contribution in [-0.4, -0.2) is 48.6 Å². The molecule has 5 nitrogen and oxygen atoms in total. The quantitative estimate of drug-likeness (QED) is 0.776. The number of likely N-dealkylation sites (N-methyl/N-ethyl adjacent to an activating group) is 1. The summed E-state index contributed by atoms with van der Waals surface area (Å²) in [5.74, 6) is -1.14. The molecule has 0 spiro atoms. The number of hydrogen-bond donors (Lipinski definition) is 2. The van der Waals surface area contributed by atoms with E-state index in [0.29, 0.717) is 5.56 Å². The largest absolute Gasteiger partial charge is 0.478 e. The Balaban J connectivity index is 2.61. The smallest absolute Gasteiger partial charge is 0.328 e. The second-order valence-corrected chi connectivity index (χ2v) is 5.49. The minimum atomic E-state index is -1.00. The molecule has 104 valence electrons. The Morgan fingerprint density at radius 2 is 2.21 bits per heavy atom. The van der Waals surface area contributed by atoms with Crippen LogP contribution in [0.15, 0.2) is 17.5 Å². The molecule has 6 heteroatoms. The van der Waals surface area contributed by atoms with Gasteiger partial charge in [-0.3, -0.25) is 4.79 Å². The number of thiophene rings is 1. The van der Waals surface area contributed by atoms with Gasteiger partial charge < -0.3 is 15.3 Å². The summed E-state index contributed by atoms with van der Waals surface area (Å²) in [4.78, 5) is 25.1. The summed E-state index contributed by atoms with van der Waals surface area (Å²) in [6.07, 6.45) is 2.54. The first kappa shape index (κ1) is 15.4. The molecule has 1 aromatic heterocycles. The second-order valence-electron chi connectivity index (χ2n) is 4.55. The lowest BCUT2D eigenvalue weighted by atomic mass is 10.2. The Hall–Kier alpha value is -1.66. The lowest BCUT2D eigenvalue weighted by Gasteiger charge is -2.17. The summed E-state index contributed by atoms with van der Waals surface area (Å²) >= 11 is 1.34. The molecule has 2 N–H and O–H groups in total. The van der Waals surface area contributed by atoms with E-state index in [4.69, 9.17) is 5.11 Å². The van der Waals surface area contributed by atoms with Crippen LogP contribution in [0.4, 0.5) is 0 Å². The van der Waals surface area contributed by atoms with Crippen molar-refractivity contribution >= 4 is 29.3 Å². The van der Waals surface area contributed by atoms with Crippen LogP contribution in [0.25, 0.3) is 6.08 Å². The van der Waals surface area contributed by atoms with Gasteiger partial charge in [-0.2, -0.15) is 0 Å². The van der Waals surface area contributed by atoms with Crippen LogP contribution >= 0.6 is 11.3 Å². The van der Waals surface area contributed by atoms with Crippen LogP contribution in [-0.2, 0) is 4.79 Å². The molecule has 1 heterocycles. The van der Waals surface area contributed by atoms with Crippen LogP contribution in [0.5, 0.6) is 0 Å². The maximum atomic E-state index is 11.9. The Morgan fingerprint density at radius 3 is 2.79 bits per heavy atom. The average Bonchev–Trinajstić information content (AvgIpc) is 2.73. The van der Waals surface area contributed by atoms with Gasteiger partial charge in [0, 0.05) is 28.9 Å². The van der Waals surface area contributed by atoms with E-state index in [1.807, 2.05) is 25.9 Å². The summed E-state index contributed by atoms with van der Waals surface area (Å²) in [5, 5.41) is 13.1. The molecule has 0 bridgehead atoms. The van der Waals surface area contributed by atoms with E-state index in [1.54, 1.807) is 11.4 Å². The van der Waals surface area contributed by atoms with Crippen molar-refractivity contribution in [2.24, 2.45) is 0 Å². The standard InChI is InChI=1S/C13H18N2O3S/c1-9(7-15(2)3)14-13(18)10-6-11(19-8-10)4-5-12(16)17/h4-6,8-9H,7H2,1-3H3,(H,14,18)(H,16,17)/b5-4+. The van der Waals surface area contributed by atoms with Gasteiger partial charge in [-0.15, -0.1) is 11.3 Å². The predicted molar refractivity (Wildman–Crippen MR) is 76.5 cm³/mol. The van der Waals surface area contributed by atoms with Crippen LogP contribution in [0.2, 0.25) is 0 Å². The van der Waals surface area contributed by atoms with Gasteiger partial charge in [0.25, 0.3) is 5.91 Å². The van der Waals surface area contributed by atoms with Crippen molar-refractivity contribution in [3.05, 3.63) is 28.0 Å². The average molecular weight is 282 g/mol. The fourth-order valence-corrected chi connectivity index (χ4v) is 2.39. The number of aliphatic carboxylic acids is 1. The second kappa shape index (κ2) is 7.06. The fraction of sp³-hybridized carbons (Fsp3) is 0.385. The highest BCUT2D eigenvalue weighted by Gasteiger charge is 2.11. The molecule has 1 amide bonds. The number of carbonyl (C=O) groups is 2. The summed E-state index contributed by atoms with van der Waals surface area (Å²) < 4.78 is 0. The number of nitrogens with one attached hydrogen (secondary N) is 1. The van der Waals surface area contributed by atoms with Crippen molar-refractivity contribution in [3.8, 4) is 0 Å². The van der Waals surface area contributed by atoms with E-state index in [2.05, 4.69) is 5.32 Å². The van der Waals surface area contributed by atoms with Crippen molar-refractivity contribution in [2.45, 2.75) is 13.0 Å². The molecule has 19 heavy (non-hydrogen) atoms. The molecule has 1 atom stereocenters. The molecule has 0 saturated carbocycles. The number of carbonyl (C=O) groups excluding carboxylic acids is 1. The molecule has 0 aliphatic carbocycles. The fourth-order valence-electron chi connectivity index (χ4n) is 1.61. The van der Waals surface area contributed by atoms with Gasteiger partial charge in [0.15, 0.2) is 0 Å². The van der Waals surface area contributed by atoms with Crippen molar-refractivity contribution in [3.63, 3.8) is 0 Å². The summed E-state index contributed by atoms with van der Waals surface area (Å²) in [7, 11) is 3.89. The highest BCUT2D eigenvalue weighted by molar-refractivity contribution is 7.11. The monoisotopic (exact) mass is 282 g/mol. The first-order valence-electron chi connectivity index (χ1n) is 5.83. The maximum absolute atomic E-state index is 11.9. The van der Waals surface area contributed by atoms with Gasteiger partial charge in [-0.1, -0.05) is 0 Å². The number of hydrogen-bond acceptors (Lipinski definition) is 4. The number of rotatable bonds is 6. The maximum Gasteiger partial charge on any atom is 0.328 e. The SMILES string of the molecule is CC(CN(C)C)NC(=O)c1csc(/C=C/C(=O)O)c1. The normalized spacial score (nSPS) is 12.8. The molecule has 0 aliphatic rings. The molecular weight excluding hydrogens is 264 g/mol. The van der Waals surface area contributed by atoms with Crippen LogP contribution < -0.4 is 5.32 Å². The number of carboxylic acid groups (broad SMARTS) is 1. The molecule has 0 radical (unpaired) electrons. The highest BCUT2D eigenvalue weighted by atomic mass is 32.1. The minimum absolute atomic E-state index is 0.0559. The first-order chi connectivity index (χ1) is 8.88. The van der Waals surface area contributed by atoms with E-state index in [1.165, 1.54) is 17.4 Å². The molecule has 1 aromatic rings. The lowest BCUT2D eigenvalue weighted by molar-refractivity contribution is -0.131. The summed E-state index contributed by atoms with van der Waals surface area (Å²) in [6.45, 7) is 2.71. The van der Waals surface area contributed by atoms with E-state index in [0.717, 1.165) is 17.5 Å². The van der Waals surface area contributed by atoms with E-state index in [9.17, 15) is 9.59 Å². The summed E-state index contributed by atoms with van der Waals surface area (Å²) in [5.41, 5.74) is 0.556. The lowest BCUT2D eigenvalue weighted by Crippen LogP contribution is -2.39. The molecule has 0 aliphatic heterocycles. The molecular formula is C13H18N2O3S. The van der Waals surface area contributed by atoms with Gasteiger partial charge >= 0.3 is 5.97 Å². The number of carboxylic acids is 1. The third-order valence-electron chi connectivity index (χ3n) is 2.29. The van der Waals surface area contributed by atoms with E-state index >= 15 is 0 Å². The number of nitrogens with zero attached hydrogens (tertiary/aromatic N) is 1. The van der Waals surface area contributed by atoms with Gasteiger partial charge in [0.05, 0.1) is 5.56 Å². The zero-order valence-corrected chi connectivity index (χ0v) is 12.0. The third-order valence-corrected chi connectivity index (χ3v) is 3.19. The predicted octanol–water partition coefficient (Wildman–Crippen LogP) is 1.53. The van der Waals surface area contributed by atoms with Crippen molar-refractivity contribution < 1.29 is 14.7 Å². The van der Waals surface area contributed by atoms with Gasteiger partial charge in [0.2, 0.25) is 0 Å². The zero-order chi connectivity index (χ0) is 14.4. The molecule has 0 aromatic carbocycles. The van der Waals surface area contributed by atoms with Crippen LogP contribution in [0, 0.1) is 0 Å². The summed E-state index contributed by atoms with van der Waals surface area (Å²) in [6, 6.07) is 1.74. The van der Waals surface area contributed by atoms with Crippen LogP contribution in [0.1, 0.15) is 22.2 Å². The Kier molecular flexibility index (Phi) is 5.72. The Bertz CT molecular complexity index is 480. The molecule has 1 rings (SSSR count). The van der Waals surface area contributed by atoms with Crippen molar-refractivity contribution in [1.29, 1.82) is 0 Å². The van der Waals surface area contributed by atoms with Gasteiger partial charge in [0.1, 0.15) is 0 Å². The van der Waals surface area contributed by atoms with Gasteiger partial charge in [-0.05, 0) is 33.2 Å². The highest BCUT2D eigenvalue weighted by Crippen LogP contribution is 2.16. The topological polar surface area (TPSA) is 69.6 Å². The van der Waals surface area contributed by atoms with Crippen molar-refractivity contribution in [2.75, 3.05) is 20.6 Å². The van der Waals surface area contributed by atoms with Crippen LogP contribution in [0.3, 0.4) is 0 Å². The number of amides is 1. The Labute approximate surface area is 116 Å². The van der Waals surface area contributed by atoms with Gasteiger partial charge in [-0.25, -0.2) is 4.79 Å². The van der Waals surface area contributed by atoms with E-state index in [-0.39, 0.29) is 11.9 Å².